The third-order valence-corrected chi connectivity index (χ3v) is 0.735. The van der Waals surface area contributed by atoms with E-state index in [4.69, 9.17) is 5.11 Å². The third-order valence-electron chi connectivity index (χ3n) is 0.735. The SMILES string of the molecule is CCC(=C=O)C(=O)O. The van der Waals surface area contributed by atoms with Crippen molar-refractivity contribution in [1.29, 1.82) is 0 Å². The summed E-state index contributed by atoms with van der Waals surface area (Å²) >= 11 is 0. The van der Waals surface area contributed by atoms with Gasteiger partial charge in [-0.3, -0.25) is 0 Å². The van der Waals surface area contributed by atoms with Crippen LogP contribution in [0.25, 0.3) is 0 Å². The monoisotopic (exact) mass is 114 g/mol. The maximum atomic E-state index is 9.86. The molecule has 0 fully saturated rings. The number of carboxylic acids is 1. The van der Waals surface area contributed by atoms with Crippen LogP contribution in [0.15, 0.2) is 5.57 Å². The summed E-state index contributed by atoms with van der Waals surface area (Å²) in [6.07, 6.45) is 0.235. The van der Waals surface area contributed by atoms with Gasteiger partial charge < -0.3 is 5.11 Å². The van der Waals surface area contributed by atoms with Crippen LogP contribution in [0.2, 0.25) is 0 Å². The number of hydrogen-bond donors (Lipinski definition) is 1. The van der Waals surface area contributed by atoms with Crippen molar-refractivity contribution >= 4 is 11.9 Å². The molecule has 0 amide bonds. The van der Waals surface area contributed by atoms with Crippen molar-refractivity contribution in [3.8, 4) is 0 Å². The van der Waals surface area contributed by atoms with Crippen LogP contribution in [0.5, 0.6) is 0 Å². The van der Waals surface area contributed by atoms with Crippen molar-refractivity contribution in [3.05, 3.63) is 5.57 Å². The topological polar surface area (TPSA) is 54.4 Å². The van der Waals surface area contributed by atoms with Crippen molar-refractivity contribution in [3.63, 3.8) is 0 Å². The molecule has 0 aliphatic rings. The van der Waals surface area contributed by atoms with E-state index in [9.17, 15) is 9.59 Å². The van der Waals surface area contributed by atoms with Crippen LogP contribution in [0.1, 0.15) is 13.3 Å². The van der Waals surface area contributed by atoms with E-state index in [1.54, 1.807) is 6.92 Å². The van der Waals surface area contributed by atoms with Gasteiger partial charge in [-0.05, 0) is 6.42 Å². The van der Waals surface area contributed by atoms with Gasteiger partial charge in [0.25, 0.3) is 0 Å². The minimum Gasteiger partial charge on any atom is -0.477 e. The Balaban J connectivity index is 4.14. The van der Waals surface area contributed by atoms with Crippen LogP contribution in [0, 0.1) is 0 Å². The summed E-state index contributed by atoms with van der Waals surface area (Å²) in [6, 6.07) is 0. The van der Waals surface area contributed by atoms with E-state index in [1.807, 2.05) is 0 Å². The smallest absolute Gasteiger partial charge is 0.342 e. The lowest BCUT2D eigenvalue weighted by Crippen LogP contribution is -1.98. The van der Waals surface area contributed by atoms with Crippen LogP contribution in [-0.4, -0.2) is 17.0 Å². The fourth-order valence-corrected chi connectivity index (χ4v) is 0.267. The second-order valence-corrected chi connectivity index (χ2v) is 1.24. The summed E-state index contributed by atoms with van der Waals surface area (Å²) < 4.78 is 0. The zero-order valence-electron chi connectivity index (χ0n) is 4.47. The number of carbonyl (C=O) groups is 1. The predicted octanol–water partition coefficient (Wildman–Crippen LogP) is 0.239. The van der Waals surface area contributed by atoms with E-state index in [0.717, 1.165) is 0 Å². The van der Waals surface area contributed by atoms with Crippen LogP contribution >= 0.6 is 0 Å². The Morgan fingerprint density at radius 1 is 1.75 bits per heavy atom. The minimum absolute atomic E-state index is 0.204. The molecule has 0 radical (unpaired) electrons. The maximum Gasteiger partial charge on any atom is 0.342 e. The third kappa shape index (κ3) is 1.58. The Hall–Kier alpha value is -1.08. The molecule has 0 aliphatic heterocycles. The number of carboxylic acid groups (broad SMARTS) is 1. The highest BCUT2D eigenvalue weighted by atomic mass is 16.4. The van der Waals surface area contributed by atoms with Gasteiger partial charge in [0.2, 0.25) is 0 Å². The Kier molecular flexibility index (Phi) is 2.59. The second-order valence-electron chi connectivity index (χ2n) is 1.24. The average Bonchev–Trinajstić information content (AvgIpc) is 1.69. The van der Waals surface area contributed by atoms with Gasteiger partial charge in [0.1, 0.15) is 11.5 Å². The van der Waals surface area contributed by atoms with E-state index in [1.165, 1.54) is 5.94 Å². The van der Waals surface area contributed by atoms with Gasteiger partial charge in [-0.1, -0.05) is 6.92 Å². The van der Waals surface area contributed by atoms with Crippen LogP contribution in [-0.2, 0) is 9.59 Å². The Morgan fingerprint density at radius 3 is 2.25 bits per heavy atom. The van der Waals surface area contributed by atoms with E-state index in [-0.39, 0.29) is 12.0 Å². The van der Waals surface area contributed by atoms with Crippen LogP contribution in [0.4, 0.5) is 0 Å². The molecule has 0 saturated heterocycles. The molecule has 0 atom stereocenters. The first-order valence-electron chi connectivity index (χ1n) is 2.19. The minimum atomic E-state index is -1.18. The molecule has 0 aromatic rings. The lowest BCUT2D eigenvalue weighted by molar-refractivity contribution is -0.132. The van der Waals surface area contributed by atoms with E-state index in [2.05, 4.69) is 0 Å². The first-order chi connectivity index (χ1) is 3.72. The Morgan fingerprint density at radius 2 is 2.25 bits per heavy atom. The quantitative estimate of drug-likeness (QED) is 0.413. The molecular weight excluding hydrogens is 108 g/mol. The van der Waals surface area contributed by atoms with Gasteiger partial charge >= 0.3 is 5.97 Å². The first-order valence-corrected chi connectivity index (χ1v) is 2.19. The highest BCUT2D eigenvalue weighted by molar-refractivity contribution is 5.95. The number of aliphatic carboxylic acids is 1. The molecule has 1 N–H and O–H groups in total. The predicted molar refractivity (Wildman–Crippen MR) is 27.1 cm³/mol. The molecule has 0 saturated carbocycles. The Labute approximate surface area is 46.6 Å². The Bertz CT molecular complexity index is 142. The number of hydrogen-bond acceptors (Lipinski definition) is 2. The van der Waals surface area contributed by atoms with Gasteiger partial charge in [0, 0.05) is 0 Å². The fraction of sp³-hybridized carbons (Fsp3) is 0.400. The van der Waals surface area contributed by atoms with Crippen molar-refractivity contribution in [1.82, 2.24) is 0 Å². The number of rotatable bonds is 2. The molecule has 0 unspecified atom stereocenters. The molecule has 0 spiro atoms. The maximum absolute atomic E-state index is 9.86. The lowest BCUT2D eigenvalue weighted by atomic mass is 10.2. The molecular formula is C5H6O3. The van der Waals surface area contributed by atoms with E-state index < -0.39 is 5.97 Å². The zero-order chi connectivity index (χ0) is 6.57. The van der Waals surface area contributed by atoms with Crippen LogP contribution < -0.4 is 0 Å². The molecule has 3 nitrogen and oxygen atoms in total. The lowest BCUT2D eigenvalue weighted by Gasteiger charge is -1.84. The number of carbonyl (C=O) groups excluding carboxylic acids is 1. The summed E-state index contributed by atoms with van der Waals surface area (Å²) in [4.78, 5) is 19.5. The highest BCUT2D eigenvalue weighted by Crippen LogP contribution is 1.92. The van der Waals surface area contributed by atoms with Gasteiger partial charge in [-0.15, -0.1) is 0 Å². The van der Waals surface area contributed by atoms with Crippen molar-refractivity contribution < 1.29 is 14.7 Å². The molecule has 0 aliphatic carbocycles. The highest BCUT2D eigenvalue weighted by Gasteiger charge is 2.02. The molecule has 8 heavy (non-hydrogen) atoms. The average molecular weight is 114 g/mol. The van der Waals surface area contributed by atoms with Gasteiger partial charge in [-0.2, -0.15) is 0 Å². The summed E-state index contributed by atoms with van der Waals surface area (Å²) in [5.41, 5.74) is -0.204. The fourth-order valence-electron chi connectivity index (χ4n) is 0.267. The van der Waals surface area contributed by atoms with Gasteiger partial charge in [0.15, 0.2) is 0 Å². The largest absolute Gasteiger partial charge is 0.477 e. The van der Waals surface area contributed by atoms with Crippen LogP contribution in [0.3, 0.4) is 0 Å². The molecule has 44 valence electrons. The van der Waals surface area contributed by atoms with E-state index >= 15 is 0 Å². The van der Waals surface area contributed by atoms with E-state index in [0.29, 0.717) is 0 Å². The summed E-state index contributed by atoms with van der Waals surface area (Å²) in [6.45, 7) is 1.59. The van der Waals surface area contributed by atoms with Crippen molar-refractivity contribution in [2.24, 2.45) is 0 Å². The molecule has 0 rings (SSSR count). The molecule has 0 bridgehead atoms. The normalized spacial score (nSPS) is 7.62. The van der Waals surface area contributed by atoms with Gasteiger partial charge in [-0.25, -0.2) is 9.59 Å². The van der Waals surface area contributed by atoms with Gasteiger partial charge in [0.05, 0.1) is 0 Å². The zero-order valence-corrected chi connectivity index (χ0v) is 4.47. The summed E-state index contributed by atoms with van der Waals surface area (Å²) in [5, 5.41) is 8.07. The first kappa shape index (κ1) is 6.92. The molecule has 0 aromatic carbocycles. The molecule has 0 heterocycles. The summed E-state index contributed by atoms with van der Waals surface area (Å²) in [5.74, 6) is 0.140. The molecule has 3 heteroatoms. The summed E-state index contributed by atoms with van der Waals surface area (Å²) in [7, 11) is 0. The van der Waals surface area contributed by atoms with Crippen molar-refractivity contribution in [2.45, 2.75) is 13.3 Å². The van der Waals surface area contributed by atoms with Crippen molar-refractivity contribution in [2.75, 3.05) is 0 Å². The molecule has 0 aromatic heterocycles. The second kappa shape index (κ2) is 2.99. The standard InChI is InChI=1S/C5H6O3/c1-2-4(3-6)5(7)8/h2H2,1H3,(H,7,8).